The number of rotatable bonds is 1. The van der Waals surface area contributed by atoms with E-state index < -0.39 is 0 Å². The van der Waals surface area contributed by atoms with E-state index in [9.17, 15) is 4.79 Å². The highest BCUT2D eigenvalue weighted by atomic mass is 16.1. The van der Waals surface area contributed by atoms with Gasteiger partial charge in [-0.15, -0.1) is 0 Å². The van der Waals surface area contributed by atoms with Gasteiger partial charge in [0.25, 0.3) is 0 Å². The van der Waals surface area contributed by atoms with Crippen molar-refractivity contribution < 1.29 is 4.79 Å². The largest absolute Gasteiger partial charge is 0.359 e. The highest BCUT2D eigenvalue weighted by Gasteiger charge is 2.37. The molecule has 0 aromatic heterocycles. The van der Waals surface area contributed by atoms with Crippen molar-refractivity contribution in [3.05, 3.63) is 0 Å². The number of hydrogen-bond acceptors (Lipinski definition) is 2. The Bertz CT molecular complexity index is 181. The van der Waals surface area contributed by atoms with Gasteiger partial charge >= 0.3 is 0 Å². The summed E-state index contributed by atoms with van der Waals surface area (Å²) < 4.78 is 0. The fraction of sp³-hybridized carbons (Fsp3) is 0.889. The van der Waals surface area contributed by atoms with Crippen molar-refractivity contribution in [1.29, 1.82) is 0 Å². The Balaban J connectivity index is 2.64. The summed E-state index contributed by atoms with van der Waals surface area (Å²) in [5.41, 5.74) is 0. The van der Waals surface area contributed by atoms with Gasteiger partial charge in [-0.2, -0.15) is 0 Å². The first-order valence-corrected chi connectivity index (χ1v) is 4.51. The van der Waals surface area contributed by atoms with Gasteiger partial charge < -0.3 is 10.2 Å². The molecule has 1 saturated heterocycles. The van der Waals surface area contributed by atoms with Crippen molar-refractivity contribution in [1.82, 2.24) is 10.2 Å². The third-order valence-electron chi connectivity index (χ3n) is 3.10. The topological polar surface area (TPSA) is 32.3 Å². The second-order valence-corrected chi connectivity index (χ2v) is 3.71. The molecule has 3 unspecified atom stereocenters. The van der Waals surface area contributed by atoms with Crippen molar-refractivity contribution in [3.63, 3.8) is 0 Å². The molecular weight excluding hydrogens is 152 g/mol. The molecule has 1 fully saturated rings. The third kappa shape index (κ3) is 1.46. The minimum absolute atomic E-state index is 0.176. The fourth-order valence-corrected chi connectivity index (χ4v) is 1.93. The van der Waals surface area contributed by atoms with Crippen LogP contribution in [-0.4, -0.2) is 37.0 Å². The number of carbonyl (C=O) groups excluding carboxylic acids is 1. The molecule has 1 N–H and O–H groups in total. The lowest BCUT2D eigenvalue weighted by molar-refractivity contribution is -0.124. The molecule has 0 aromatic rings. The molecule has 1 aliphatic heterocycles. The van der Waals surface area contributed by atoms with E-state index in [4.69, 9.17) is 0 Å². The normalized spacial score (nSPS) is 36.8. The van der Waals surface area contributed by atoms with Crippen LogP contribution in [0.2, 0.25) is 0 Å². The highest BCUT2D eigenvalue weighted by Crippen LogP contribution is 2.27. The number of likely N-dealkylation sites (tertiary alicyclic amines) is 1. The van der Waals surface area contributed by atoms with Crippen LogP contribution in [0.15, 0.2) is 0 Å². The first-order valence-electron chi connectivity index (χ1n) is 4.51. The second-order valence-electron chi connectivity index (χ2n) is 3.71. The number of amides is 1. The Labute approximate surface area is 74.1 Å². The smallest absolute Gasteiger partial charge is 0.224 e. The zero-order valence-corrected chi connectivity index (χ0v) is 8.29. The summed E-state index contributed by atoms with van der Waals surface area (Å²) in [6.07, 6.45) is 0.983. The van der Waals surface area contributed by atoms with Gasteiger partial charge in [-0.1, -0.05) is 0 Å². The summed E-state index contributed by atoms with van der Waals surface area (Å²) in [6, 6.07) is 0.905. The molecule has 12 heavy (non-hydrogen) atoms. The van der Waals surface area contributed by atoms with Gasteiger partial charge in [0.05, 0.1) is 5.92 Å². The molecule has 0 saturated carbocycles. The Hall–Kier alpha value is -0.570. The van der Waals surface area contributed by atoms with Crippen molar-refractivity contribution in [2.24, 2.45) is 5.92 Å². The van der Waals surface area contributed by atoms with Crippen LogP contribution in [-0.2, 0) is 4.79 Å². The van der Waals surface area contributed by atoms with Crippen molar-refractivity contribution in [2.75, 3.05) is 14.1 Å². The minimum Gasteiger partial charge on any atom is -0.359 e. The average molecular weight is 170 g/mol. The predicted octanol–water partition coefficient (Wildman–Crippen LogP) is 0.461. The maximum absolute atomic E-state index is 11.4. The van der Waals surface area contributed by atoms with Crippen LogP contribution >= 0.6 is 0 Å². The van der Waals surface area contributed by atoms with E-state index >= 15 is 0 Å². The molecule has 3 heteroatoms. The third-order valence-corrected chi connectivity index (χ3v) is 3.10. The molecule has 0 radical (unpaired) electrons. The SMILES string of the molecule is CNC(=O)C1CC(C)N(C)C1C. The molecule has 70 valence electrons. The lowest BCUT2D eigenvalue weighted by Crippen LogP contribution is -2.36. The summed E-state index contributed by atoms with van der Waals surface area (Å²) in [5, 5.41) is 2.71. The number of hydrogen-bond donors (Lipinski definition) is 1. The second kappa shape index (κ2) is 3.44. The number of carbonyl (C=O) groups is 1. The average Bonchev–Trinajstić information content (AvgIpc) is 2.32. The lowest BCUT2D eigenvalue weighted by atomic mass is 10.00. The Morgan fingerprint density at radius 1 is 1.50 bits per heavy atom. The first kappa shape index (κ1) is 9.52. The van der Waals surface area contributed by atoms with Gasteiger partial charge in [0.15, 0.2) is 0 Å². The van der Waals surface area contributed by atoms with Crippen LogP contribution in [0.1, 0.15) is 20.3 Å². The standard InChI is InChI=1S/C9H18N2O/c1-6-5-8(9(12)10-3)7(2)11(6)4/h6-8H,5H2,1-4H3,(H,10,12). The van der Waals surface area contributed by atoms with E-state index in [0.717, 1.165) is 6.42 Å². The van der Waals surface area contributed by atoms with E-state index in [1.807, 2.05) is 0 Å². The van der Waals surface area contributed by atoms with Crippen LogP contribution in [0.5, 0.6) is 0 Å². The maximum Gasteiger partial charge on any atom is 0.224 e. The van der Waals surface area contributed by atoms with E-state index in [2.05, 4.69) is 31.1 Å². The van der Waals surface area contributed by atoms with Crippen LogP contribution < -0.4 is 5.32 Å². The van der Waals surface area contributed by atoms with E-state index in [1.165, 1.54) is 0 Å². The van der Waals surface area contributed by atoms with Gasteiger partial charge in [-0.05, 0) is 27.3 Å². The first-order chi connectivity index (χ1) is 5.57. The van der Waals surface area contributed by atoms with Crippen molar-refractivity contribution >= 4 is 5.91 Å². The molecule has 1 aliphatic rings. The molecule has 1 rings (SSSR count). The fourth-order valence-electron chi connectivity index (χ4n) is 1.93. The summed E-state index contributed by atoms with van der Waals surface area (Å²) >= 11 is 0. The monoisotopic (exact) mass is 170 g/mol. The van der Waals surface area contributed by atoms with Gasteiger partial charge in [0, 0.05) is 19.1 Å². The van der Waals surface area contributed by atoms with Gasteiger partial charge in [-0.3, -0.25) is 4.79 Å². The van der Waals surface area contributed by atoms with Crippen LogP contribution in [0, 0.1) is 5.92 Å². The molecule has 1 heterocycles. The van der Waals surface area contributed by atoms with E-state index in [-0.39, 0.29) is 11.8 Å². The van der Waals surface area contributed by atoms with Crippen LogP contribution in [0.25, 0.3) is 0 Å². The van der Waals surface area contributed by atoms with Crippen LogP contribution in [0.3, 0.4) is 0 Å². The van der Waals surface area contributed by atoms with Crippen molar-refractivity contribution in [3.8, 4) is 0 Å². The quantitative estimate of drug-likeness (QED) is 0.620. The number of nitrogens with zero attached hydrogens (tertiary/aromatic N) is 1. The Morgan fingerprint density at radius 2 is 2.08 bits per heavy atom. The molecule has 0 spiro atoms. The van der Waals surface area contributed by atoms with E-state index in [0.29, 0.717) is 12.1 Å². The Kier molecular flexibility index (Phi) is 2.73. The molecule has 0 aliphatic carbocycles. The summed E-state index contributed by atoms with van der Waals surface area (Å²) in [7, 11) is 3.79. The Morgan fingerprint density at radius 3 is 2.42 bits per heavy atom. The summed E-state index contributed by atoms with van der Waals surface area (Å²) in [5.74, 6) is 0.355. The number of nitrogens with one attached hydrogen (secondary N) is 1. The van der Waals surface area contributed by atoms with Gasteiger partial charge in [-0.25, -0.2) is 0 Å². The maximum atomic E-state index is 11.4. The molecule has 0 aromatic carbocycles. The molecule has 3 atom stereocenters. The summed E-state index contributed by atoms with van der Waals surface area (Å²) in [4.78, 5) is 13.6. The predicted molar refractivity (Wildman–Crippen MR) is 48.9 cm³/mol. The molecule has 0 bridgehead atoms. The molecular formula is C9H18N2O. The zero-order chi connectivity index (χ0) is 9.30. The van der Waals surface area contributed by atoms with Crippen molar-refractivity contribution in [2.45, 2.75) is 32.4 Å². The van der Waals surface area contributed by atoms with Crippen LogP contribution in [0.4, 0.5) is 0 Å². The highest BCUT2D eigenvalue weighted by molar-refractivity contribution is 5.79. The molecule has 3 nitrogen and oxygen atoms in total. The van der Waals surface area contributed by atoms with E-state index in [1.54, 1.807) is 7.05 Å². The summed E-state index contributed by atoms with van der Waals surface area (Å²) in [6.45, 7) is 4.28. The lowest BCUT2D eigenvalue weighted by Gasteiger charge is -2.21. The molecule has 1 amide bonds. The minimum atomic E-state index is 0.176. The van der Waals surface area contributed by atoms with Gasteiger partial charge in [0.1, 0.15) is 0 Å². The van der Waals surface area contributed by atoms with Gasteiger partial charge in [0.2, 0.25) is 5.91 Å². The zero-order valence-electron chi connectivity index (χ0n) is 8.29.